The lowest BCUT2D eigenvalue weighted by atomic mass is 10.2. The molecule has 0 aliphatic carbocycles. The Hall–Kier alpha value is -2.35. The third-order valence-electron chi connectivity index (χ3n) is 4.09. The van der Waals surface area contributed by atoms with Crippen molar-refractivity contribution >= 4 is 11.8 Å². The zero-order valence-corrected chi connectivity index (χ0v) is 13.6. The van der Waals surface area contributed by atoms with E-state index in [-0.39, 0.29) is 6.03 Å². The molecule has 1 N–H and O–H groups in total. The van der Waals surface area contributed by atoms with Gasteiger partial charge in [0.1, 0.15) is 11.5 Å². The highest BCUT2D eigenvalue weighted by atomic mass is 16.5. The van der Waals surface area contributed by atoms with E-state index >= 15 is 0 Å². The SMILES string of the molecule is Cc1cc(NC(=O)N2CCN(Cc3c(C)noc3C)CC2)no1. The molecule has 8 nitrogen and oxygen atoms in total. The highest BCUT2D eigenvalue weighted by Crippen LogP contribution is 2.16. The number of carbonyl (C=O) groups excluding carboxylic acids is 1. The van der Waals surface area contributed by atoms with Gasteiger partial charge in [0.15, 0.2) is 5.82 Å². The number of aromatic nitrogens is 2. The Morgan fingerprint density at radius 3 is 2.48 bits per heavy atom. The summed E-state index contributed by atoms with van der Waals surface area (Å²) in [6.45, 7) is 9.45. The molecule has 0 bridgehead atoms. The minimum absolute atomic E-state index is 0.143. The maximum atomic E-state index is 12.2. The molecule has 1 aliphatic heterocycles. The lowest BCUT2D eigenvalue weighted by molar-refractivity contribution is 0.142. The number of amides is 2. The summed E-state index contributed by atoms with van der Waals surface area (Å²) in [7, 11) is 0. The number of urea groups is 1. The fourth-order valence-electron chi connectivity index (χ4n) is 2.67. The van der Waals surface area contributed by atoms with Gasteiger partial charge in [0.25, 0.3) is 0 Å². The summed E-state index contributed by atoms with van der Waals surface area (Å²) in [6, 6.07) is 1.56. The molecule has 8 heteroatoms. The highest BCUT2D eigenvalue weighted by molar-refractivity contribution is 5.88. The molecule has 0 radical (unpaired) electrons. The van der Waals surface area contributed by atoms with E-state index in [4.69, 9.17) is 9.05 Å². The Morgan fingerprint density at radius 1 is 1.17 bits per heavy atom. The molecule has 3 heterocycles. The number of hydrogen-bond acceptors (Lipinski definition) is 6. The predicted molar refractivity (Wildman–Crippen MR) is 83.1 cm³/mol. The van der Waals surface area contributed by atoms with Gasteiger partial charge in [0.2, 0.25) is 0 Å². The van der Waals surface area contributed by atoms with Crippen LogP contribution in [-0.2, 0) is 6.54 Å². The number of carbonyl (C=O) groups is 1. The van der Waals surface area contributed by atoms with Gasteiger partial charge in [-0.15, -0.1) is 0 Å². The molecule has 2 amide bonds. The Balaban J connectivity index is 1.51. The third-order valence-corrected chi connectivity index (χ3v) is 4.09. The number of hydrogen-bond donors (Lipinski definition) is 1. The van der Waals surface area contributed by atoms with E-state index in [1.165, 1.54) is 0 Å². The van der Waals surface area contributed by atoms with E-state index in [1.807, 2.05) is 13.8 Å². The van der Waals surface area contributed by atoms with Crippen LogP contribution in [-0.4, -0.2) is 52.3 Å². The van der Waals surface area contributed by atoms with Crippen LogP contribution in [0.2, 0.25) is 0 Å². The Labute approximate surface area is 134 Å². The molecule has 23 heavy (non-hydrogen) atoms. The van der Waals surface area contributed by atoms with Gasteiger partial charge in [0.05, 0.1) is 5.69 Å². The Morgan fingerprint density at radius 2 is 1.91 bits per heavy atom. The maximum absolute atomic E-state index is 12.2. The lowest BCUT2D eigenvalue weighted by Crippen LogP contribution is -2.49. The molecule has 2 aromatic heterocycles. The van der Waals surface area contributed by atoms with Crippen molar-refractivity contribution in [3.05, 3.63) is 28.8 Å². The van der Waals surface area contributed by atoms with Crippen molar-refractivity contribution in [2.24, 2.45) is 0 Å². The molecule has 0 atom stereocenters. The first-order valence-electron chi connectivity index (χ1n) is 7.66. The van der Waals surface area contributed by atoms with Crippen LogP contribution in [0.4, 0.5) is 10.6 Å². The predicted octanol–water partition coefficient (Wildman–Crippen LogP) is 1.94. The number of piperazine rings is 1. The second-order valence-corrected chi connectivity index (χ2v) is 5.82. The zero-order chi connectivity index (χ0) is 16.4. The van der Waals surface area contributed by atoms with Gasteiger partial charge in [-0.3, -0.25) is 10.2 Å². The number of anilines is 1. The summed E-state index contributed by atoms with van der Waals surface area (Å²) in [5, 5.41) is 10.5. The average molecular weight is 319 g/mol. The third kappa shape index (κ3) is 3.53. The van der Waals surface area contributed by atoms with Gasteiger partial charge in [-0.25, -0.2) is 4.79 Å². The first kappa shape index (κ1) is 15.5. The van der Waals surface area contributed by atoms with Crippen LogP contribution in [0.15, 0.2) is 15.1 Å². The fourth-order valence-corrected chi connectivity index (χ4v) is 2.67. The molecule has 0 aromatic carbocycles. The van der Waals surface area contributed by atoms with E-state index in [1.54, 1.807) is 17.9 Å². The Bertz CT molecular complexity index is 666. The number of aryl methyl sites for hydroxylation is 3. The molecule has 0 spiro atoms. The minimum Gasteiger partial charge on any atom is -0.361 e. The summed E-state index contributed by atoms with van der Waals surface area (Å²) in [5.41, 5.74) is 2.07. The van der Waals surface area contributed by atoms with Gasteiger partial charge < -0.3 is 13.9 Å². The van der Waals surface area contributed by atoms with Crippen molar-refractivity contribution in [1.29, 1.82) is 0 Å². The lowest BCUT2D eigenvalue weighted by Gasteiger charge is -2.34. The standard InChI is InChI=1S/C15H21N5O3/c1-10-8-14(18-22-10)16-15(21)20-6-4-19(5-7-20)9-13-11(2)17-23-12(13)3/h8H,4-7,9H2,1-3H3,(H,16,18,21). The molecular formula is C15H21N5O3. The molecule has 1 saturated heterocycles. The van der Waals surface area contributed by atoms with E-state index in [2.05, 4.69) is 20.5 Å². The monoisotopic (exact) mass is 319 g/mol. The van der Waals surface area contributed by atoms with Crippen LogP contribution >= 0.6 is 0 Å². The van der Waals surface area contributed by atoms with Crippen molar-refractivity contribution in [3.63, 3.8) is 0 Å². The molecule has 124 valence electrons. The zero-order valence-electron chi connectivity index (χ0n) is 13.6. The van der Waals surface area contributed by atoms with Gasteiger partial charge in [-0.2, -0.15) is 0 Å². The maximum Gasteiger partial charge on any atom is 0.323 e. The van der Waals surface area contributed by atoms with Gasteiger partial charge in [-0.05, 0) is 20.8 Å². The van der Waals surface area contributed by atoms with Crippen molar-refractivity contribution < 1.29 is 13.8 Å². The fraction of sp³-hybridized carbons (Fsp3) is 0.533. The molecule has 3 rings (SSSR count). The van der Waals surface area contributed by atoms with Crippen molar-refractivity contribution in [2.75, 3.05) is 31.5 Å². The van der Waals surface area contributed by atoms with E-state index < -0.39 is 0 Å². The van der Waals surface area contributed by atoms with E-state index in [0.29, 0.717) is 24.7 Å². The van der Waals surface area contributed by atoms with Gasteiger partial charge >= 0.3 is 6.03 Å². The molecule has 1 aliphatic rings. The number of nitrogens with one attached hydrogen (secondary N) is 1. The molecule has 1 fully saturated rings. The normalized spacial score (nSPS) is 15.9. The van der Waals surface area contributed by atoms with Crippen LogP contribution in [0.5, 0.6) is 0 Å². The number of nitrogens with zero attached hydrogens (tertiary/aromatic N) is 4. The number of rotatable bonds is 3. The largest absolute Gasteiger partial charge is 0.361 e. The molecule has 2 aromatic rings. The van der Waals surface area contributed by atoms with Crippen LogP contribution < -0.4 is 5.32 Å². The topological polar surface area (TPSA) is 87.6 Å². The second-order valence-electron chi connectivity index (χ2n) is 5.82. The van der Waals surface area contributed by atoms with E-state index in [0.717, 1.165) is 36.7 Å². The van der Waals surface area contributed by atoms with Crippen molar-refractivity contribution in [2.45, 2.75) is 27.3 Å². The van der Waals surface area contributed by atoms with E-state index in [9.17, 15) is 4.79 Å². The van der Waals surface area contributed by atoms with Gasteiger partial charge in [0, 0.05) is 44.4 Å². The summed E-state index contributed by atoms with van der Waals surface area (Å²) in [6.07, 6.45) is 0. The quantitative estimate of drug-likeness (QED) is 0.930. The van der Waals surface area contributed by atoms with Crippen LogP contribution in [0.25, 0.3) is 0 Å². The van der Waals surface area contributed by atoms with Crippen LogP contribution in [0.3, 0.4) is 0 Å². The smallest absolute Gasteiger partial charge is 0.323 e. The first-order chi connectivity index (χ1) is 11.0. The molecular weight excluding hydrogens is 298 g/mol. The minimum atomic E-state index is -0.143. The van der Waals surface area contributed by atoms with Crippen LogP contribution in [0.1, 0.15) is 22.8 Å². The second kappa shape index (κ2) is 6.41. The first-order valence-corrected chi connectivity index (χ1v) is 7.66. The summed E-state index contributed by atoms with van der Waals surface area (Å²) in [4.78, 5) is 16.3. The summed E-state index contributed by atoms with van der Waals surface area (Å²) < 4.78 is 10.1. The average Bonchev–Trinajstić information content (AvgIpc) is 3.08. The summed E-state index contributed by atoms with van der Waals surface area (Å²) >= 11 is 0. The van der Waals surface area contributed by atoms with Crippen molar-refractivity contribution in [1.82, 2.24) is 20.1 Å². The molecule has 0 saturated carbocycles. The Kier molecular flexibility index (Phi) is 4.33. The van der Waals surface area contributed by atoms with Crippen molar-refractivity contribution in [3.8, 4) is 0 Å². The highest BCUT2D eigenvalue weighted by Gasteiger charge is 2.23. The summed E-state index contributed by atoms with van der Waals surface area (Å²) in [5.74, 6) is 1.99. The van der Waals surface area contributed by atoms with Gasteiger partial charge in [-0.1, -0.05) is 10.3 Å². The molecule has 0 unspecified atom stereocenters. The van der Waals surface area contributed by atoms with Crippen LogP contribution in [0, 0.1) is 20.8 Å².